The molecule has 2 aromatic carbocycles. The van der Waals surface area contributed by atoms with E-state index in [9.17, 15) is 22.0 Å². The second-order valence-electron chi connectivity index (χ2n) is 8.25. The number of fused-ring (bicyclic) bond motifs is 1. The highest BCUT2D eigenvalue weighted by Gasteiger charge is 2.26. The van der Waals surface area contributed by atoms with Crippen LogP contribution in [0, 0.1) is 11.6 Å². The lowest BCUT2D eigenvalue weighted by molar-refractivity contribution is 0.241. The number of ether oxygens (including phenoxy) is 1. The van der Waals surface area contributed by atoms with Gasteiger partial charge in [0.1, 0.15) is 17.4 Å². The van der Waals surface area contributed by atoms with Crippen molar-refractivity contribution < 1.29 is 21.9 Å². The molecule has 3 aromatic rings. The third kappa shape index (κ3) is 4.56. The molecule has 33 heavy (non-hydrogen) atoms. The Hall–Kier alpha value is -3.04. The number of aromatic nitrogens is 1. The first-order valence-corrected chi connectivity index (χ1v) is 12.2. The van der Waals surface area contributed by atoms with E-state index in [0.717, 1.165) is 17.9 Å². The minimum atomic E-state index is -3.46. The van der Waals surface area contributed by atoms with Crippen molar-refractivity contribution in [2.45, 2.75) is 24.4 Å². The Balaban J connectivity index is 1.82. The Morgan fingerprint density at radius 3 is 2.48 bits per heavy atom. The van der Waals surface area contributed by atoms with Gasteiger partial charge in [-0.25, -0.2) is 17.2 Å². The maximum atomic E-state index is 14.2. The van der Waals surface area contributed by atoms with E-state index in [4.69, 9.17) is 4.74 Å². The van der Waals surface area contributed by atoms with Gasteiger partial charge in [0.2, 0.25) is 0 Å². The van der Waals surface area contributed by atoms with Gasteiger partial charge in [0.15, 0.2) is 9.84 Å². The van der Waals surface area contributed by atoms with Gasteiger partial charge in [-0.1, -0.05) is 6.07 Å². The quantitative estimate of drug-likeness (QED) is 0.568. The Morgan fingerprint density at radius 1 is 1.06 bits per heavy atom. The summed E-state index contributed by atoms with van der Waals surface area (Å²) in [6.45, 7) is 1.13. The standard InChI is InChI=1S/C24H24F2N2O4S/c1-27-13-20(19-11-17(33(3,30)31)6-7-23(19)32-2)21-14-28(9-8-18(21)24(27)29)12-15-4-5-16(25)10-22(15)26/h4-7,10-11,13H,8-9,12,14H2,1-3H3. The average Bonchev–Trinajstić information content (AvgIpc) is 2.77. The molecule has 6 nitrogen and oxygen atoms in total. The van der Waals surface area contributed by atoms with E-state index in [2.05, 4.69) is 0 Å². The third-order valence-corrected chi connectivity index (χ3v) is 7.06. The van der Waals surface area contributed by atoms with Gasteiger partial charge in [0.25, 0.3) is 5.56 Å². The fraction of sp³-hybridized carbons (Fsp3) is 0.292. The summed E-state index contributed by atoms with van der Waals surface area (Å²) in [5, 5.41) is 0. The van der Waals surface area contributed by atoms with Crippen LogP contribution in [-0.2, 0) is 36.4 Å². The highest BCUT2D eigenvalue weighted by molar-refractivity contribution is 7.90. The number of hydrogen-bond acceptors (Lipinski definition) is 5. The Labute approximate surface area is 191 Å². The normalized spacial score (nSPS) is 14.2. The predicted molar refractivity (Wildman–Crippen MR) is 121 cm³/mol. The minimum Gasteiger partial charge on any atom is -0.496 e. The number of sulfone groups is 1. The van der Waals surface area contributed by atoms with Crippen molar-refractivity contribution in [1.29, 1.82) is 0 Å². The lowest BCUT2D eigenvalue weighted by Crippen LogP contribution is -2.36. The molecular formula is C24H24F2N2O4S. The zero-order chi connectivity index (χ0) is 23.9. The first kappa shape index (κ1) is 23.1. The van der Waals surface area contributed by atoms with E-state index in [1.165, 1.54) is 29.9 Å². The molecule has 0 atom stereocenters. The summed E-state index contributed by atoms with van der Waals surface area (Å²) < 4.78 is 58.8. The van der Waals surface area contributed by atoms with Crippen LogP contribution in [0.15, 0.2) is 52.3 Å². The van der Waals surface area contributed by atoms with E-state index in [0.29, 0.717) is 47.5 Å². The molecule has 1 aromatic heterocycles. The zero-order valence-corrected chi connectivity index (χ0v) is 19.4. The highest BCUT2D eigenvalue weighted by atomic mass is 32.2. The van der Waals surface area contributed by atoms with Crippen molar-refractivity contribution >= 4 is 9.84 Å². The fourth-order valence-corrected chi connectivity index (χ4v) is 4.88. The van der Waals surface area contributed by atoms with E-state index < -0.39 is 21.5 Å². The number of benzene rings is 2. The zero-order valence-electron chi connectivity index (χ0n) is 18.6. The highest BCUT2D eigenvalue weighted by Crippen LogP contribution is 2.36. The lowest BCUT2D eigenvalue weighted by Gasteiger charge is -2.31. The van der Waals surface area contributed by atoms with Crippen molar-refractivity contribution in [3.05, 3.63) is 81.3 Å². The van der Waals surface area contributed by atoms with Crippen LogP contribution in [-0.4, -0.2) is 37.8 Å². The summed E-state index contributed by atoms with van der Waals surface area (Å²) >= 11 is 0. The van der Waals surface area contributed by atoms with Gasteiger partial charge in [0.05, 0.1) is 12.0 Å². The Morgan fingerprint density at radius 2 is 1.82 bits per heavy atom. The lowest BCUT2D eigenvalue weighted by atomic mass is 9.92. The SMILES string of the molecule is COc1ccc(S(C)(=O)=O)cc1-c1cn(C)c(=O)c2c1CN(Cc1ccc(F)cc1F)CC2. The number of halogens is 2. The number of rotatable bonds is 5. The molecule has 0 unspecified atom stereocenters. The molecule has 0 N–H and O–H groups in total. The van der Waals surface area contributed by atoms with Crippen molar-refractivity contribution in [3.63, 3.8) is 0 Å². The van der Waals surface area contributed by atoms with Crippen LogP contribution in [0.4, 0.5) is 8.78 Å². The van der Waals surface area contributed by atoms with Crippen LogP contribution in [0.3, 0.4) is 0 Å². The van der Waals surface area contributed by atoms with Crippen LogP contribution in [0.2, 0.25) is 0 Å². The van der Waals surface area contributed by atoms with Crippen LogP contribution < -0.4 is 10.3 Å². The summed E-state index contributed by atoms with van der Waals surface area (Å²) in [6.07, 6.45) is 3.26. The van der Waals surface area contributed by atoms with Gasteiger partial charge < -0.3 is 9.30 Å². The molecule has 9 heteroatoms. The number of aryl methyl sites for hydroxylation is 1. The van der Waals surface area contributed by atoms with Crippen LogP contribution in [0.25, 0.3) is 11.1 Å². The predicted octanol–water partition coefficient (Wildman–Crippen LogP) is 3.30. The smallest absolute Gasteiger partial charge is 0.253 e. The summed E-state index contributed by atoms with van der Waals surface area (Å²) in [7, 11) is -0.315. The summed E-state index contributed by atoms with van der Waals surface area (Å²) in [5.41, 5.74) is 2.86. The molecule has 0 bridgehead atoms. The molecule has 0 amide bonds. The molecule has 4 rings (SSSR count). The van der Waals surface area contributed by atoms with Crippen molar-refractivity contribution in [1.82, 2.24) is 9.47 Å². The van der Waals surface area contributed by atoms with Gasteiger partial charge in [-0.15, -0.1) is 0 Å². The van der Waals surface area contributed by atoms with Crippen molar-refractivity contribution in [3.8, 4) is 16.9 Å². The van der Waals surface area contributed by atoms with Gasteiger partial charge in [-0.2, -0.15) is 0 Å². The third-order valence-electron chi connectivity index (χ3n) is 5.95. The van der Waals surface area contributed by atoms with E-state index in [-0.39, 0.29) is 17.0 Å². The largest absolute Gasteiger partial charge is 0.496 e. The maximum Gasteiger partial charge on any atom is 0.253 e. The summed E-state index contributed by atoms with van der Waals surface area (Å²) in [5.74, 6) is -0.777. The second-order valence-corrected chi connectivity index (χ2v) is 10.3. The topological polar surface area (TPSA) is 68.6 Å². The average molecular weight is 475 g/mol. The van der Waals surface area contributed by atoms with E-state index in [1.54, 1.807) is 25.4 Å². The molecule has 1 aliphatic rings. The van der Waals surface area contributed by atoms with Crippen molar-refractivity contribution in [2.24, 2.45) is 7.05 Å². The second kappa shape index (κ2) is 8.72. The van der Waals surface area contributed by atoms with Gasteiger partial charge in [0, 0.05) is 67.5 Å². The maximum absolute atomic E-state index is 14.2. The Bertz CT molecular complexity index is 1400. The number of pyridine rings is 1. The van der Waals surface area contributed by atoms with Crippen LogP contribution in [0.1, 0.15) is 16.7 Å². The molecule has 2 heterocycles. The van der Waals surface area contributed by atoms with Gasteiger partial charge in [-0.3, -0.25) is 9.69 Å². The van der Waals surface area contributed by atoms with Gasteiger partial charge >= 0.3 is 0 Å². The summed E-state index contributed by atoms with van der Waals surface area (Å²) in [6, 6.07) is 8.12. The van der Waals surface area contributed by atoms with Crippen LogP contribution >= 0.6 is 0 Å². The molecule has 174 valence electrons. The molecule has 0 spiro atoms. The monoisotopic (exact) mass is 474 g/mol. The molecule has 0 saturated carbocycles. The molecule has 0 aliphatic carbocycles. The van der Waals surface area contributed by atoms with E-state index in [1.807, 2.05) is 4.90 Å². The number of hydrogen-bond donors (Lipinski definition) is 0. The molecule has 0 saturated heterocycles. The number of nitrogens with zero attached hydrogens (tertiary/aromatic N) is 2. The van der Waals surface area contributed by atoms with Gasteiger partial charge in [-0.05, 0) is 36.2 Å². The molecule has 0 radical (unpaired) electrons. The first-order valence-electron chi connectivity index (χ1n) is 10.3. The molecule has 0 fully saturated rings. The molecular weight excluding hydrogens is 450 g/mol. The summed E-state index contributed by atoms with van der Waals surface area (Å²) in [4.78, 5) is 15.0. The van der Waals surface area contributed by atoms with E-state index >= 15 is 0 Å². The number of methoxy groups -OCH3 is 1. The minimum absolute atomic E-state index is 0.125. The fourth-order valence-electron chi connectivity index (χ4n) is 4.23. The van der Waals surface area contributed by atoms with Crippen molar-refractivity contribution in [2.75, 3.05) is 19.9 Å². The van der Waals surface area contributed by atoms with Crippen LogP contribution in [0.5, 0.6) is 5.75 Å². The Kier molecular flexibility index (Phi) is 6.11. The first-order chi connectivity index (χ1) is 15.6. The molecule has 1 aliphatic heterocycles.